The normalized spacial score (nSPS) is 11.6. The largest absolute Gasteiger partial charge is 0.458 e. The summed E-state index contributed by atoms with van der Waals surface area (Å²) >= 11 is 0. The van der Waals surface area contributed by atoms with Gasteiger partial charge in [-0.1, -0.05) is 42.5 Å². The van der Waals surface area contributed by atoms with Crippen LogP contribution in [0, 0.1) is 6.92 Å². The number of esters is 1. The minimum atomic E-state index is -0.528. The highest BCUT2D eigenvalue weighted by Crippen LogP contribution is 2.18. The molecule has 0 radical (unpaired) electrons. The van der Waals surface area contributed by atoms with Gasteiger partial charge in [0.15, 0.2) is 0 Å². The Hall–Kier alpha value is -3.28. The number of carbonyl (C=O) groups is 2. The van der Waals surface area contributed by atoms with Crippen molar-refractivity contribution >= 4 is 17.7 Å². The Balaban J connectivity index is 0.00000480. The predicted octanol–water partition coefficient (Wildman–Crippen LogP) is 5.57. The van der Waals surface area contributed by atoms with Crippen LogP contribution in [0.25, 0.3) is 0 Å². The Morgan fingerprint density at radius 2 is 1.77 bits per heavy atom. The van der Waals surface area contributed by atoms with Crippen molar-refractivity contribution in [2.24, 2.45) is 0 Å². The topological polar surface area (TPSA) is 76.7 Å². The van der Waals surface area contributed by atoms with Gasteiger partial charge < -0.3 is 20.1 Å². The molecule has 0 bridgehead atoms. The van der Waals surface area contributed by atoms with Gasteiger partial charge in [0.1, 0.15) is 12.2 Å². The molecule has 0 saturated carbocycles. The van der Waals surface area contributed by atoms with Crippen LogP contribution < -0.4 is 10.6 Å². The van der Waals surface area contributed by atoms with Gasteiger partial charge in [0.25, 0.3) is 0 Å². The van der Waals surface area contributed by atoms with E-state index in [0.717, 1.165) is 22.4 Å². The van der Waals surface area contributed by atoms with E-state index in [9.17, 15) is 9.59 Å². The molecule has 0 spiro atoms. The summed E-state index contributed by atoms with van der Waals surface area (Å²) in [5.41, 5.74) is 3.91. The van der Waals surface area contributed by atoms with Crippen LogP contribution in [0.15, 0.2) is 60.3 Å². The minimum absolute atomic E-state index is 0. The van der Waals surface area contributed by atoms with Crippen LogP contribution in [-0.2, 0) is 27.4 Å². The maximum Gasteiger partial charge on any atom is 0.407 e. The molecule has 0 atom stereocenters. The molecule has 1 amide bonds. The molecule has 6 heteroatoms. The fraction of sp³-hybridized carbons (Fsp3) is 0.333. The molecule has 2 rings (SSSR count). The number of rotatable bonds is 7. The number of hydrogen-bond acceptors (Lipinski definition) is 5. The third kappa shape index (κ3) is 8.39. The van der Waals surface area contributed by atoms with Crippen LogP contribution in [0.4, 0.5) is 10.5 Å². The predicted molar refractivity (Wildman–Crippen MR) is 122 cm³/mol. The van der Waals surface area contributed by atoms with Crippen molar-refractivity contribution in [3.05, 3.63) is 77.0 Å². The number of benzene rings is 2. The van der Waals surface area contributed by atoms with E-state index < -0.39 is 17.7 Å². The number of aryl methyl sites for hydroxylation is 1. The first-order valence-electron chi connectivity index (χ1n) is 9.85. The van der Waals surface area contributed by atoms with Crippen molar-refractivity contribution in [1.29, 1.82) is 0 Å². The lowest BCUT2D eigenvalue weighted by molar-refractivity contribution is -0.139. The van der Waals surface area contributed by atoms with E-state index in [1.165, 1.54) is 6.08 Å². The fourth-order valence-electron chi connectivity index (χ4n) is 2.66. The van der Waals surface area contributed by atoms with Crippen LogP contribution in [0.3, 0.4) is 0 Å². The second-order valence-corrected chi connectivity index (χ2v) is 8.05. The number of allylic oxidation sites excluding steroid dienone is 1. The number of alkyl carbamates (subject to hydrolysis) is 1. The Morgan fingerprint density at radius 1 is 1.07 bits per heavy atom. The zero-order chi connectivity index (χ0) is 22.1. The standard InChI is InChI=1S/C24H30N2O4.2H2/c1-17-13-20(15-25-23(28)30-24(3,4)5)11-12-21(17)26-18(2)14-22(27)29-16-19-9-7-6-8-10-19;;/h6-14,26H,15-16H2,1-5H3,(H,25,28);2*1H/b18-14+;;. The van der Waals surface area contributed by atoms with Crippen LogP contribution in [0.5, 0.6) is 0 Å². The van der Waals surface area contributed by atoms with Gasteiger partial charge in [0.05, 0.1) is 0 Å². The SMILES string of the molecule is C/C(=C\C(=O)OCc1ccccc1)Nc1ccc(CNC(=O)OC(C)(C)C)cc1C.[HH].[HH]. The lowest BCUT2D eigenvalue weighted by atomic mass is 10.1. The molecule has 0 aromatic heterocycles. The summed E-state index contributed by atoms with van der Waals surface area (Å²) in [5, 5.41) is 5.95. The van der Waals surface area contributed by atoms with Crippen LogP contribution in [0.1, 0.15) is 47.2 Å². The lowest BCUT2D eigenvalue weighted by Crippen LogP contribution is -2.32. The van der Waals surface area contributed by atoms with Gasteiger partial charge in [-0.25, -0.2) is 9.59 Å². The number of nitrogens with one attached hydrogen (secondary N) is 2. The van der Waals surface area contributed by atoms with Gasteiger partial charge >= 0.3 is 12.1 Å². The number of carbonyl (C=O) groups excluding carboxylic acids is 2. The average molecular weight is 415 g/mol. The monoisotopic (exact) mass is 414 g/mol. The molecule has 164 valence electrons. The summed E-state index contributed by atoms with van der Waals surface area (Å²) in [7, 11) is 0. The van der Waals surface area contributed by atoms with Gasteiger partial charge in [-0.2, -0.15) is 0 Å². The van der Waals surface area contributed by atoms with Gasteiger partial charge in [-0.3, -0.25) is 0 Å². The van der Waals surface area contributed by atoms with Gasteiger partial charge in [0, 0.05) is 26.9 Å². The molecule has 0 fully saturated rings. The summed E-state index contributed by atoms with van der Waals surface area (Å²) < 4.78 is 10.5. The van der Waals surface area contributed by atoms with E-state index in [2.05, 4.69) is 10.6 Å². The maximum absolute atomic E-state index is 12.0. The van der Waals surface area contributed by atoms with E-state index in [1.54, 1.807) is 6.92 Å². The number of anilines is 1. The minimum Gasteiger partial charge on any atom is -0.458 e. The van der Waals surface area contributed by atoms with Crippen LogP contribution in [0.2, 0.25) is 0 Å². The molecule has 30 heavy (non-hydrogen) atoms. The van der Waals surface area contributed by atoms with Gasteiger partial charge in [-0.15, -0.1) is 0 Å². The van der Waals surface area contributed by atoms with Crippen molar-refractivity contribution in [1.82, 2.24) is 5.32 Å². The molecule has 0 aliphatic carbocycles. The zero-order valence-corrected chi connectivity index (χ0v) is 18.2. The quantitative estimate of drug-likeness (QED) is 0.457. The van der Waals surface area contributed by atoms with Crippen molar-refractivity contribution < 1.29 is 21.9 Å². The molecular formula is C24H34N2O4. The first-order valence-corrected chi connectivity index (χ1v) is 9.85. The summed E-state index contributed by atoms with van der Waals surface area (Å²) in [5.74, 6) is -0.403. The molecule has 0 heterocycles. The highest BCUT2D eigenvalue weighted by Gasteiger charge is 2.15. The van der Waals surface area contributed by atoms with Crippen molar-refractivity contribution in [3.63, 3.8) is 0 Å². The average Bonchev–Trinajstić information content (AvgIpc) is 2.66. The Morgan fingerprint density at radius 3 is 2.40 bits per heavy atom. The Labute approximate surface area is 181 Å². The van der Waals surface area contributed by atoms with Crippen molar-refractivity contribution in [3.8, 4) is 0 Å². The summed E-state index contributed by atoms with van der Waals surface area (Å²) in [6, 6.07) is 15.3. The second-order valence-electron chi connectivity index (χ2n) is 8.05. The highest BCUT2D eigenvalue weighted by molar-refractivity contribution is 5.83. The molecule has 0 unspecified atom stereocenters. The summed E-state index contributed by atoms with van der Waals surface area (Å²) in [6.45, 7) is 9.85. The third-order valence-electron chi connectivity index (χ3n) is 4.02. The number of ether oxygens (including phenoxy) is 2. The molecular weight excluding hydrogens is 380 g/mol. The Kier molecular flexibility index (Phi) is 8.04. The first kappa shape index (κ1) is 23.0. The smallest absolute Gasteiger partial charge is 0.407 e. The van der Waals surface area contributed by atoms with Crippen molar-refractivity contribution in [2.45, 2.75) is 53.4 Å². The second kappa shape index (κ2) is 10.5. The lowest BCUT2D eigenvalue weighted by Gasteiger charge is -2.19. The van der Waals surface area contributed by atoms with E-state index in [1.807, 2.05) is 76.2 Å². The summed E-state index contributed by atoms with van der Waals surface area (Å²) in [4.78, 5) is 23.8. The Bertz CT molecular complexity index is 910. The van der Waals surface area contributed by atoms with Gasteiger partial charge in [0.2, 0.25) is 0 Å². The van der Waals surface area contributed by atoms with E-state index >= 15 is 0 Å². The molecule has 0 aliphatic heterocycles. The molecule has 0 aliphatic rings. The third-order valence-corrected chi connectivity index (χ3v) is 4.02. The maximum atomic E-state index is 12.0. The molecule has 0 saturated heterocycles. The van der Waals surface area contributed by atoms with E-state index in [0.29, 0.717) is 12.2 Å². The summed E-state index contributed by atoms with van der Waals surface area (Å²) in [6.07, 6.45) is 0.982. The van der Waals surface area contributed by atoms with E-state index in [4.69, 9.17) is 9.47 Å². The fourth-order valence-corrected chi connectivity index (χ4v) is 2.66. The zero-order valence-electron chi connectivity index (χ0n) is 18.2. The number of hydrogen-bond donors (Lipinski definition) is 2. The molecule has 2 aromatic carbocycles. The highest BCUT2D eigenvalue weighted by atomic mass is 16.6. The molecule has 6 nitrogen and oxygen atoms in total. The van der Waals surface area contributed by atoms with E-state index in [-0.39, 0.29) is 9.46 Å². The first-order chi connectivity index (χ1) is 14.1. The van der Waals surface area contributed by atoms with Gasteiger partial charge in [-0.05, 0) is 57.4 Å². The molecule has 2 aromatic rings. The van der Waals surface area contributed by atoms with Crippen molar-refractivity contribution in [2.75, 3.05) is 5.32 Å². The number of amides is 1. The van der Waals surface area contributed by atoms with Crippen LogP contribution >= 0.6 is 0 Å². The van der Waals surface area contributed by atoms with Crippen LogP contribution in [-0.4, -0.2) is 17.7 Å². The molecule has 2 N–H and O–H groups in total.